The van der Waals surface area contributed by atoms with Crippen molar-refractivity contribution in [3.05, 3.63) is 74.3 Å². The van der Waals surface area contributed by atoms with Gasteiger partial charge in [-0.15, -0.1) is 10.2 Å². The molecule has 0 radical (unpaired) electrons. The number of thiazole rings is 1. The first-order valence-corrected chi connectivity index (χ1v) is 12.2. The van der Waals surface area contributed by atoms with Crippen LogP contribution < -0.4 is 56.9 Å². The van der Waals surface area contributed by atoms with Crippen molar-refractivity contribution < 1.29 is 79.4 Å². The number of hydrogen-bond acceptors (Lipinski definition) is 10. The second kappa shape index (κ2) is 11.1. The first-order chi connectivity index (χ1) is 16.9. The van der Waals surface area contributed by atoms with Crippen LogP contribution in [0.1, 0.15) is 15.9 Å². The van der Waals surface area contributed by atoms with E-state index in [0.29, 0.717) is 0 Å². The summed E-state index contributed by atoms with van der Waals surface area (Å²) in [6, 6.07) is 7.28. The van der Waals surface area contributed by atoms with Crippen molar-refractivity contribution in [1.29, 1.82) is 0 Å². The van der Waals surface area contributed by atoms with Crippen molar-refractivity contribution >= 4 is 65.7 Å². The van der Waals surface area contributed by atoms with Gasteiger partial charge in [-0.1, -0.05) is 22.9 Å². The number of benzene rings is 2. The molecule has 0 atom stereocenters. The predicted octanol–water partition coefficient (Wildman–Crippen LogP) is 1.69. The number of pyridine rings is 1. The molecule has 2 aromatic carbocycles. The summed E-state index contributed by atoms with van der Waals surface area (Å²) in [5.74, 6) is -1.84. The number of aromatic nitrogens is 2. The number of hydrogen-bond donors (Lipinski definition) is 2. The summed E-state index contributed by atoms with van der Waals surface area (Å²) in [6.07, 6.45) is 0. The van der Waals surface area contributed by atoms with Gasteiger partial charge >= 0.3 is 57.4 Å². The Balaban J connectivity index is 0.00000380. The molecule has 4 aromatic rings. The fourth-order valence-corrected chi connectivity index (χ4v) is 5.12. The van der Waals surface area contributed by atoms with Crippen LogP contribution in [0.2, 0.25) is 5.02 Å². The van der Waals surface area contributed by atoms with E-state index in [1.807, 2.05) is 0 Å². The number of aromatic hydroxyl groups is 1. The minimum absolute atomic E-state index is 0. The van der Waals surface area contributed by atoms with Gasteiger partial charge in [-0.05, 0) is 48.9 Å². The summed E-state index contributed by atoms with van der Waals surface area (Å²) < 4.78 is 35.2. The minimum atomic E-state index is -4.82. The third-order valence-corrected chi connectivity index (χ3v) is 7.16. The van der Waals surface area contributed by atoms with Crippen molar-refractivity contribution in [2.24, 2.45) is 10.2 Å². The Morgan fingerprint density at radius 1 is 1.24 bits per heavy atom. The van der Waals surface area contributed by atoms with E-state index in [2.05, 4.69) is 20.1 Å². The molecule has 2 heterocycles. The van der Waals surface area contributed by atoms with Gasteiger partial charge in [-0.25, -0.2) is 23.0 Å². The molecule has 0 saturated heterocycles. The van der Waals surface area contributed by atoms with Gasteiger partial charge in [0, 0.05) is 0 Å². The Bertz CT molecular complexity index is 1810. The summed E-state index contributed by atoms with van der Waals surface area (Å²) in [5, 5.41) is 27.2. The molecule has 0 spiro atoms. The zero-order valence-corrected chi connectivity index (χ0v) is 24.3. The summed E-state index contributed by atoms with van der Waals surface area (Å²) in [5.41, 5.74) is -1.08. The first kappa shape index (κ1) is 29.0. The predicted molar refractivity (Wildman–Crippen MR) is 128 cm³/mol. The summed E-state index contributed by atoms with van der Waals surface area (Å²) >= 11 is 6.74. The van der Waals surface area contributed by atoms with Crippen molar-refractivity contribution in [3.63, 3.8) is 0 Å². The van der Waals surface area contributed by atoms with Gasteiger partial charge in [0.15, 0.2) is 0 Å². The fourth-order valence-electron chi connectivity index (χ4n) is 3.24. The molecule has 0 bridgehead atoms. The zero-order chi connectivity index (χ0) is 26.4. The molecule has 0 fully saturated rings. The van der Waals surface area contributed by atoms with Crippen LogP contribution in [0.5, 0.6) is 5.88 Å². The van der Waals surface area contributed by atoms with Crippen molar-refractivity contribution in [2.75, 3.05) is 0 Å². The molecule has 2 aromatic heterocycles. The number of carboxylic acid groups (broad SMARTS) is 1. The Labute approximate surface area is 259 Å². The maximum absolute atomic E-state index is 13.2. The van der Waals surface area contributed by atoms with Gasteiger partial charge in [0.25, 0.3) is 11.2 Å². The Morgan fingerprint density at radius 3 is 2.46 bits per heavy atom. The molecule has 0 amide bonds. The monoisotopic (exact) mass is 583 g/mol. The van der Waals surface area contributed by atoms with Crippen LogP contribution in [0.3, 0.4) is 0 Å². The summed E-state index contributed by atoms with van der Waals surface area (Å²) in [6.45, 7) is 8.80. The molecule has 0 aliphatic carbocycles. The topological polar surface area (TPSA) is 179 Å². The molecule has 4 rings (SSSR count). The van der Waals surface area contributed by atoms with Crippen LogP contribution in [-0.4, -0.2) is 38.7 Å². The second-order valence-electron chi connectivity index (χ2n) is 7.15. The molecule has 0 unspecified atom stereocenters. The zero-order valence-electron chi connectivity index (χ0n) is 18.8. The molecular weight excluding hydrogens is 573 g/mol. The van der Waals surface area contributed by atoms with Crippen LogP contribution in [0, 0.1) is 13.5 Å². The van der Waals surface area contributed by atoms with E-state index in [9.17, 15) is 27.7 Å². The number of carboxylic acids is 1. The van der Waals surface area contributed by atoms with Gasteiger partial charge < -0.3 is 14.8 Å². The molecular formula is C21H11ClKN5O7S2. The number of carbonyl (C=O) groups is 1. The van der Waals surface area contributed by atoms with Gasteiger partial charge in [0.1, 0.15) is 15.8 Å². The normalized spacial score (nSPS) is 11.4. The maximum atomic E-state index is 13.2. The number of nitrogens with zero attached hydrogens (tertiary/aromatic N) is 5. The fraction of sp³-hybridized carbons (Fsp3) is 0.0476. The first-order valence-electron chi connectivity index (χ1n) is 9.60. The molecule has 0 saturated carbocycles. The Morgan fingerprint density at radius 2 is 1.89 bits per heavy atom. The van der Waals surface area contributed by atoms with E-state index in [-0.39, 0.29) is 99.9 Å². The third-order valence-electron chi connectivity index (χ3n) is 4.96. The van der Waals surface area contributed by atoms with Crippen molar-refractivity contribution in [2.45, 2.75) is 11.8 Å². The van der Waals surface area contributed by atoms with Crippen LogP contribution in [0.25, 0.3) is 20.7 Å². The third kappa shape index (κ3) is 5.67. The minimum Gasteiger partial charge on any atom is -0.744 e. The number of halogens is 1. The Kier molecular flexibility index (Phi) is 8.69. The van der Waals surface area contributed by atoms with Crippen LogP contribution in [0.15, 0.2) is 56.3 Å². The molecule has 37 heavy (non-hydrogen) atoms. The van der Waals surface area contributed by atoms with Gasteiger partial charge in [-0.3, -0.25) is 9.36 Å². The molecule has 2 N–H and O–H groups in total. The van der Waals surface area contributed by atoms with E-state index in [1.165, 1.54) is 37.3 Å². The quantitative estimate of drug-likeness (QED) is 0.154. The molecule has 12 nitrogen and oxygen atoms in total. The van der Waals surface area contributed by atoms with Crippen LogP contribution >= 0.6 is 22.9 Å². The van der Waals surface area contributed by atoms with E-state index >= 15 is 0 Å². The maximum Gasteiger partial charge on any atom is 1.00 e. The van der Waals surface area contributed by atoms with E-state index in [1.54, 1.807) is 0 Å². The summed E-state index contributed by atoms with van der Waals surface area (Å²) in [7, 11) is -4.82. The number of rotatable bonds is 5. The SMILES string of the molecule is [C-]#[N+]c1c(C)c(N=Nc2nc3cc(Cl)c(S(=O)(=O)[O-])cc3s2)c(=O)n(-c2ccc(C(=O)O)cc2)c1O.[K+]. The van der Waals surface area contributed by atoms with E-state index in [0.717, 1.165) is 22.0 Å². The van der Waals surface area contributed by atoms with E-state index < -0.39 is 32.4 Å². The Hall–Kier alpha value is -2.52. The van der Waals surface area contributed by atoms with Crippen LogP contribution in [0.4, 0.5) is 16.5 Å². The van der Waals surface area contributed by atoms with Gasteiger partial charge in [0.05, 0.1) is 38.0 Å². The number of azo groups is 1. The second-order valence-corrected chi connectivity index (χ2v) is 9.92. The number of fused-ring (bicyclic) bond motifs is 1. The average Bonchev–Trinajstić information content (AvgIpc) is 3.20. The van der Waals surface area contributed by atoms with E-state index in [4.69, 9.17) is 23.3 Å². The largest absolute Gasteiger partial charge is 1.00 e. The molecule has 0 aliphatic rings. The van der Waals surface area contributed by atoms with Gasteiger partial charge in [0.2, 0.25) is 11.0 Å². The van der Waals surface area contributed by atoms with Gasteiger partial charge in [-0.2, -0.15) is 0 Å². The average molecular weight is 584 g/mol. The smallest absolute Gasteiger partial charge is 0.744 e. The molecule has 16 heteroatoms. The van der Waals surface area contributed by atoms with Crippen molar-refractivity contribution in [1.82, 2.24) is 9.55 Å². The van der Waals surface area contributed by atoms with Crippen molar-refractivity contribution in [3.8, 4) is 11.6 Å². The standard InChI is InChI=1S/C21H12ClN5O7S2.K/c1-9-16(23-2)18(28)27(11-5-3-10(4-6-11)20(30)31)19(29)17(9)25-26-21-24-13-7-12(22)15(36(32,33)34)8-14(13)35-21;/h3-8,28H,1H3,(H,30,31)(H,32,33,34);/q;+1/p-1. The molecule has 182 valence electrons. The number of aromatic carboxylic acids is 1. The van der Waals surface area contributed by atoms with Crippen LogP contribution in [-0.2, 0) is 10.1 Å². The molecule has 0 aliphatic heterocycles. The summed E-state index contributed by atoms with van der Waals surface area (Å²) in [4.78, 5) is 31.1.